The maximum absolute atomic E-state index is 11.6. The summed E-state index contributed by atoms with van der Waals surface area (Å²) in [6.07, 6.45) is -0.723. The summed E-state index contributed by atoms with van der Waals surface area (Å²) >= 11 is 0.956. The van der Waals surface area contributed by atoms with Crippen molar-refractivity contribution < 1.29 is 23.9 Å². The number of nitrogens with one attached hydrogen (secondary N) is 1. The van der Waals surface area contributed by atoms with E-state index in [2.05, 4.69) is 10.1 Å². The first kappa shape index (κ1) is 17.8. The van der Waals surface area contributed by atoms with Crippen molar-refractivity contribution >= 4 is 28.9 Å². The van der Waals surface area contributed by atoms with Crippen molar-refractivity contribution in [3.05, 3.63) is 0 Å². The molecule has 0 aromatic rings. The second kappa shape index (κ2) is 7.37. The number of hydrogen-bond donors (Lipinski definition) is 1. The van der Waals surface area contributed by atoms with Gasteiger partial charge in [0.25, 0.3) is 0 Å². The van der Waals surface area contributed by atoms with Crippen LogP contribution in [0.25, 0.3) is 0 Å². The first-order chi connectivity index (χ1) is 8.56. The normalized spacial score (nSPS) is 14.2. The third kappa shape index (κ3) is 7.71. The Balaban J connectivity index is 4.73. The van der Waals surface area contributed by atoms with Crippen LogP contribution in [0, 0.1) is 0 Å². The largest absolute Gasteiger partial charge is 0.467 e. The summed E-state index contributed by atoms with van der Waals surface area (Å²) < 4.78 is 9.68. The molecule has 0 aliphatic carbocycles. The quantitative estimate of drug-likeness (QED) is 0.794. The average molecular weight is 291 g/mol. The van der Waals surface area contributed by atoms with Crippen molar-refractivity contribution in [2.45, 2.75) is 51.5 Å². The van der Waals surface area contributed by atoms with Gasteiger partial charge in [0.1, 0.15) is 11.6 Å². The Kier molecular flexibility index (Phi) is 6.89. The van der Waals surface area contributed by atoms with Gasteiger partial charge in [0, 0.05) is 12.2 Å². The first-order valence-electron chi connectivity index (χ1n) is 5.81. The zero-order valence-corrected chi connectivity index (χ0v) is 12.9. The molecule has 0 bridgehead atoms. The Bertz CT molecular complexity index is 351. The van der Waals surface area contributed by atoms with Gasteiger partial charge in [-0.2, -0.15) is 0 Å². The predicted octanol–water partition coefficient (Wildman–Crippen LogP) is 1.72. The molecule has 0 heterocycles. The molecule has 1 N–H and O–H groups in total. The number of hydrogen-bond acceptors (Lipinski definition) is 6. The zero-order chi connectivity index (χ0) is 15.2. The lowest BCUT2D eigenvalue weighted by Crippen LogP contribution is -2.49. The standard InChI is InChI=1S/C12H21NO5S/c1-7(19-8(2)14)9(10(15)17-6)13-11(16)18-12(3,4)5/h7,9H,1-6H3,(H,13,16)/t7-,9+/m1/s1. The minimum absolute atomic E-state index is 0.146. The van der Waals surface area contributed by atoms with Gasteiger partial charge in [0.15, 0.2) is 5.12 Å². The first-order valence-corrected chi connectivity index (χ1v) is 6.69. The number of alkyl carbamates (subject to hydrolysis) is 1. The molecule has 0 fully saturated rings. The van der Waals surface area contributed by atoms with E-state index in [1.54, 1.807) is 27.7 Å². The van der Waals surface area contributed by atoms with Crippen molar-refractivity contribution in [1.29, 1.82) is 0 Å². The van der Waals surface area contributed by atoms with E-state index in [1.165, 1.54) is 14.0 Å². The lowest BCUT2D eigenvalue weighted by atomic mass is 10.2. The summed E-state index contributed by atoms with van der Waals surface area (Å²) in [4.78, 5) is 34.3. The van der Waals surface area contributed by atoms with E-state index in [9.17, 15) is 14.4 Å². The van der Waals surface area contributed by atoms with Crippen molar-refractivity contribution in [2.75, 3.05) is 7.11 Å². The van der Waals surface area contributed by atoms with Gasteiger partial charge in [-0.25, -0.2) is 9.59 Å². The summed E-state index contributed by atoms with van der Waals surface area (Å²) in [5.41, 5.74) is -0.665. The molecule has 0 aliphatic rings. The van der Waals surface area contributed by atoms with Gasteiger partial charge < -0.3 is 14.8 Å². The average Bonchev–Trinajstić information content (AvgIpc) is 2.21. The predicted molar refractivity (Wildman–Crippen MR) is 72.9 cm³/mol. The van der Waals surface area contributed by atoms with E-state index in [-0.39, 0.29) is 5.12 Å². The summed E-state index contributed by atoms with van der Waals surface area (Å²) in [5, 5.41) is 1.83. The molecule has 6 nitrogen and oxygen atoms in total. The molecule has 0 rings (SSSR count). The molecule has 0 aromatic carbocycles. The number of carbonyl (C=O) groups excluding carboxylic acids is 3. The molecule has 0 radical (unpaired) electrons. The molecule has 0 aromatic heterocycles. The van der Waals surface area contributed by atoms with E-state index < -0.39 is 29.0 Å². The van der Waals surface area contributed by atoms with Gasteiger partial charge in [-0.05, 0) is 20.8 Å². The van der Waals surface area contributed by atoms with Crippen LogP contribution in [-0.2, 0) is 19.1 Å². The van der Waals surface area contributed by atoms with Gasteiger partial charge in [0.2, 0.25) is 0 Å². The van der Waals surface area contributed by atoms with Crippen molar-refractivity contribution in [2.24, 2.45) is 0 Å². The highest BCUT2D eigenvalue weighted by Gasteiger charge is 2.30. The fourth-order valence-corrected chi connectivity index (χ4v) is 2.10. The minimum atomic E-state index is -0.936. The third-order valence-corrected chi connectivity index (χ3v) is 2.92. The summed E-state index contributed by atoms with van der Waals surface area (Å²) in [5.74, 6) is -0.618. The Morgan fingerprint density at radius 3 is 2.11 bits per heavy atom. The molecule has 1 amide bonds. The van der Waals surface area contributed by atoms with Crippen LogP contribution >= 0.6 is 11.8 Å². The van der Waals surface area contributed by atoms with E-state index in [4.69, 9.17) is 4.74 Å². The fourth-order valence-electron chi connectivity index (χ4n) is 1.26. The minimum Gasteiger partial charge on any atom is -0.467 e. The molecular weight excluding hydrogens is 270 g/mol. The van der Waals surface area contributed by atoms with Crippen LogP contribution in [0.15, 0.2) is 0 Å². The number of thioether (sulfide) groups is 1. The number of methoxy groups -OCH3 is 1. The maximum atomic E-state index is 11.6. The van der Waals surface area contributed by atoms with Crippen molar-refractivity contribution in [1.82, 2.24) is 5.32 Å². The Morgan fingerprint density at radius 1 is 1.21 bits per heavy atom. The third-order valence-electron chi connectivity index (χ3n) is 1.95. The highest BCUT2D eigenvalue weighted by molar-refractivity contribution is 8.14. The lowest BCUT2D eigenvalue weighted by molar-refractivity contribution is -0.143. The van der Waals surface area contributed by atoms with Crippen LogP contribution < -0.4 is 5.32 Å². The maximum Gasteiger partial charge on any atom is 0.408 e. The van der Waals surface area contributed by atoms with E-state index >= 15 is 0 Å². The van der Waals surface area contributed by atoms with Gasteiger partial charge in [0.05, 0.1) is 7.11 Å². The zero-order valence-electron chi connectivity index (χ0n) is 12.1. The van der Waals surface area contributed by atoms with Crippen LogP contribution in [-0.4, -0.2) is 41.2 Å². The Labute approximate surface area is 117 Å². The number of esters is 1. The molecule has 0 saturated heterocycles. The van der Waals surface area contributed by atoms with E-state index in [1.807, 2.05) is 0 Å². The van der Waals surface area contributed by atoms with Crippen LogP contribution in [0.1, 0.15) is 34.6 Å². The van der Waals surface area contributed by atoms with Crippen molar-refractivity contribution in [3.63, 3.8) is 0 Å². The summed E-state index contributed by atoms with van der Waals surface area (Å²) in [6, 6.07) is -0.936. The van der Waals surface area contributed by atoms with E-state index in [0.717, 1.165) is 11.8 Å². The molecule has 110 valence electrons. The second-order valence-corrected chi connectivity index (χ2v) is 6.52. The van der Waals surface area contributed by atoms with Gasteiger partial charge in [-0.1, -0.05) is 18.7 Å². The molecule has 7 heteroatoms. The highest BCUT2D eigenvalue weighted by atomic mass is 32.2. The van der Waals surface area contributed by atoms with Crippen LogP contribution in [0.3, 0.4) is 0 Å². The molecule has 0 aliphatic heterocycles. The number of rotatable bonds is 4. The molecule has 19 heavy (non-hydrogen) atoms. The molecule has 2 atom stereocenters. The summed E-state index contributed by atoms with van der Waals surface area (Å²) in [7, 11) is 1.22. The van der Waals surface area contributed by atoms with Crippen LogP contribution in [0.2, 0.25) is 0 Å². The monoisotopic (exact) mass is 291 g/mol. The fraction of sp³-hybridized carbons (Fsp3) is 0.750. The SMILES string of the molecule is COC(=O)[C@@H](NC(=O)OC(C)(C)C)[C@@H](C)SC(C)=O. The Hall–Kier alpha value is -1.24. The lowest BCUT2D eigenvalue weighted by Gasteiger charge is -2.25. The topological polar surface area (TPSA) is 81.7 Å². The van der Waals surface area contributed by atoms with Crippen LogP contribution in [0.5, 0.6) is 0 Å². The number of amides is 1. The number of carbonyl (C=O) groups is 3. The van der Waals surface area contributed by atoms with E-state index in [0.29, 0.717) is 0 Å². The van der Waals surface area contributed by atoms with Gasteiger partial charge in [-0.3, -0.25) is 4.79 Å². The molecule has 0 saturated carbocycles. The van der Waals surface area contributed by atoms with Crippen LogP contribution in [0.4, 0.5) is 4.79 Å². The molecular formula is C12H21NO5S. The summed E-state index contributed by atoms with van der Waals surface area (Å²) in [6.45, 7) is 8.20. The molecule has 0 unspecified atom stereocenters. The smallest absolute Gasteiger partial charge is 0.408 e. The molecule has 0 spiro atoms. The second-order valence-electron chi connectivity index (χ2n) is 4.96. The highest BCUT2D eigenvalue weighted by Crippen LogP contribution is 2.17. The number of ether oxygens (including phenoxy) is 2. The van der Waals surface area contributed by atoms with Crippen molar-refractivity contribution in [3.8, 4) is 0 Å². The Morgan fingerprint density at radius 2 is 1.74 bits per heavy atom. The van der Waals surface area contributed by atoms with Gasteiger partial charge in [-0.15, -0.1) is 0 Å². The van der Waals surface area contributed by atoms with Gasteiger partial charge >= 0.3 is 12.1 Å².